The van der Waals surface area contributed by atoms with Crippen LogP contribution in [0.2, 0.25) is 0 Å². The average Bonchev–Trinajstić information content (AvgIpc) is 3.04. The number of benzene rings is 1. The summed E-state index contributed by atoms with van der Waals surface area (Å²) in [6, 6.07) is 8.37. The lowest BCUT2D eigenvalue weighted by atomic mass is 10.2. The molecule has 3 aromatic rings. The van der Waals surface area contributed by atoms with Gasteiger partial charge in [0.25, 0.3) is 0 Å². The Morgan fingerprint density at radius 2 is 2.05 bits per heavy atom. The van der Waals surface area contributed by atoms with Crippen molar-refractivity contribution in [1.29, 1.82) is 0 Å². The zero-order valence-corrected chi connectivity index (χ0v) is 11.1. The molecule has 0 radical (unpaired) electrons. The molecule has 0 bridgehead atoms. The molecular weight excluding hydrogens is 240 g/mol. The molecule has 3 rings (SSSR count). The first-order chi connectivity index (χ1) is 9.26. The van der Waals surface area contributed by atoms with E-state index in [0.717, 1.165) is 12.1 Å². The first kappa shape index (κ1) is 11.8. The van der Waals surface area contributed by atoms with E-state index in [4.69, 9.17) is 4.42 Å². The van der Waals surface area contributed by atoms with Gasteiger partial charge in [0.2, 0.25) is 11.8 Å². The van der Waals surface area contributed by atoms with Gasteiger partial charge in [-0.3, -0.25) is 0 Å². The highest BCUT2D eigenvalue weighted by Crippen LogP contribution is 2.20. The van der Waals surface area contributed by atoms with Gasteiger partial charge in [-0.15, -0.1) is 10.2 Å². The zero-order chi connectivity index (χ0) is 13.2. The minimum atomic E-state index is 0.545. The van der Waals surface area contributed by atoms with E-state index in [-0.39, 0.29) is 0 Å². The third-order valence-corrected chi connectivity index (χ3v) is 3.14. The van der Waals surface area contributed by atoms with Gasteiger partial charge in [0.15, 0.2) is 0 Å². The Kier molecular flexibility index (Phi) is 2.95. The molecule has 0 fully saturated rings. The number of aromatic nitrogens is 3. The molecule has 19 heavy (non-hydrogen) atoms. The fraction of sp³-hybridized carbons (Fsp3) is 0.286. The van der Waals surface area contributed by atoms with Crippen LogP contribution in [0.3, 0.4) is 0 Å². The molecule has 0 aliphatic rings. The van der Waals surface area contributed by atoms with Gasteiger partial charge in [0, 0.05) is 30.9 Å². The monoisotopic (exact) mass is 256 g/mol. The van der Waals surface area contributed by atoms with Gasteiger partial charge in [-0.05, 0) is 23.6 Å². The van der Waals surface area contributed by atoms with Crippen molar-refractivity contribution >= 4 is 16.6 Å². The normalized spacial score (nSPS) is 11.1. The molecule has 98 valence electrons. The van der Waals surface area contributed by atoms with Crippen molar-refractivity contribution in [3.63, 3.8) is 0 Å². The molecule has 2 aromatic heterocycles. The standard InChI is InChI=1S/C14H16N4O/c1-3-13-16-17-14(19-13)9-15-11-5-4-10-6-7-18(2)12(10)8-11/h4-8,15H,3,9H2,1-2H3. The molecule has 0 amide bonds. The average molecular weight is 256 g/mol. The number of rotatable bonds is 4. The highest BCUT2D eigenvalue weighted by atomic mass is 16.4. The van der Waals surface area contributed by atoms with Gasteiger partial charge in [-0.2, -0.15) is 0 Å². The number of nitrogens with one attached hydrogen (secondary N) is 1. The molecule has 1 aromatic carbocycles. The second-order valence-corrected chi connectivity index (χ2v) is 4.50. The maximum absolute atomic E-state index is 5.46. The summed E-state index contributed by atoms with van der Waals surface area (Å²) in [6.07, 6.45) is 2.82. The van der Waals surface area contributed by atoms with Gasteiger partial charge in [0.1, 0.15) is 0 Å². The maximum Gasteiger partial charge on any atom is 0.235 e. The predicted octanol–water partition coefficient (Wildman–Crippen LogP) is 2.74. The fourth-order valence-electron chi connectivity index (χ4n) is 2.05. The van der Waals surface area contributed by atoms with E-state index in [1.807, 2.05) is 14.0 Å². The molecule has 0 saturated carbocycles. The van der Waals surface area contributed by atoms with Crippen molar-refractivity contribution < 1.29 is 4.42 Å². The van der Waals surface area contributed by atoms with Gasteiger partial charge in [0.05, 0.1) is 6.54 Å². The number of hydrogen-bond donors (Lipinski definition) is 1. The summed E-state index contributed by atoms with van der Waals surface area (Å²) in [6.45, 7) is 2.54. The Morgan fingerprint density at radius 1 is 1.21 bits per heavy atom. The third-order valence-electron chi connectivity index (χ3n) is 3.14. The third kappa shape index (κ3) is 2.31. The van der Waals surface area contributed by atoms with Gasteiger partial charge in [-0.25, -0.2) is 0 Å². The number of hydrogen-bond acceptors (Lipinski definition) is 4. The second kappa shape index (κ2) is 4.76. The maximum atomic E-state index is 5.46. The summed E-state index contributed by atoms with van der Waals surface area (Å²) in [5, 5.41) is 12.5. The van der Waals surface area contributed by atoms with Crippen molar-refractivity contribution in [3.8, 4) is 0 Å². The topological polar surface area (TPSA) is 55.9 Å². The van der Waals surface area contributed by atoms with Crippen molar-refractivity contribution in [3.05, 3.63) is 42.2 Å². The van der Waals surface area contributed by atoms with Crippen LogP contribution in [-0.4, -0.2) is 14.8 Å². The largest absolute Gasteiger partial charge is 0.423 e. The Bertz CT molecular complexity index is 698. The van der Waals surface area contributed by atoms with Crippen LogP contribution in [0.4, 0.5) is 5.69 Å². The van der Waals surface area contributed by atoms with E-state index in [1.54, 1.807) is 0 Å². The van der Waals surface area contributed by atoms with Gasteiger partial charge < -0.3 is 14.3 Å². The molecule has 0 spiro atoms. The molecule has 5 nitrogen and oxygen atoms in total. The molecule has 2 heterocycles. The Balaban J connectivity index is 1.75. The molecule has 1 N–H and O–H groups in total. The zero-order valence-electron chi connectivity index (χ0n) is 11.1. The van der Waals surface area contributed by atoms with E-state index >= 15 is 0 Å². The molecule has 5 heteroatoms. The Labute approximate surface area is 111 Å². The summed E-state index contributed by atoms with van der Waals surface area (Å²) < 4.78 is 7.56. The van der Waals surface area contributed by atoms with Crippen molar-refractivity contribution in [2.45, 2.75) is 19.9 Å². The number of fused-ring (bicyclic) bond motifs is 1. The van der Waals surface area contributed by atoms with Crippen LogP contribution in [0, 0.1) is 0 Å². The molecule has 0 unspecified atom stereocenters. The number of nitrogens with zero attached hydrogens (tertiary/aromatic N) is 3. The van der Waals surface area contributed by atoms with Crippen molar-refractivity contribution in [2.75, 3.05) is 5.32 Å². The lowest BCUT2D eigenvalue weighted by Gasteiger charge is -2.04. The summed E-state index contributed by atoms with van der Waals surface area (Å²) in [5.74, 6) is 1.29. The first-order valence-corrected chi connectivity index (χ1v) is 6.36. The number of aryl methyl sites for hydroxylation is 2. The predicted molar refractivity (Wildman–Crippen MR) is 73.9 cm³/mol. The molecular formula is C14H16N4O. The van der Waals surface area contributed by atoms with E-state index in [9.17, 15) is 0 Å². The van der Waals surface area contributed by atoms with Crippen LogP contribution in [0.15, 0.2) is 34.9 Å². The Hall–Kier alpha value is -2.30. The van der Waals surface area contributed by atoms with Crippen LogP contribution in [0.25, 0.3) is 10.9 Å². The summed E-state index contributed by atoms with van der Waals surface area (Å²) in [7, 11) is 2.04. The summed E-state index contributed by atoms with van der Waals surface area (Å²) >= 11 is 0. The quantitative estimate of drug-likeness (QED) is 0.779. The highest BCUT2D eigenvalue weighted by Gasteiger charge is 2.04. The van der Waals surface area contributed by atoms with E-state index in [0.29, 0.717) is 18.3 Å². The smallest absolute Gasteiger partial charge is 0.235 e. The van der Waals surface area contributed by atoms with E-state index < -0.39 is 0 Å². The van der Waals surface area contributed by atoms with Crippen LogP contribution >= 0.6 is 0 Å². The number of anilines is 1. The molecule has 0 atom stereocenters. The summed E-state index contributed by atoms with van der Waals surface area (Å²) in [4.78, 5) is 0. The SMILES string of the molecule is CCc1nnc(CNc2ccc3ccn(C)c3c2)o1. The van der Waals surface area contributed by atoms with Gasteiger partial charge in [-0.1, -0.05) is 13.0 Å². The van der Waals surface area contributed by atoms with E-state index in [1.165, 1.54) is 10.9 Å². The van der Waals surface area contributed by atoms with Crippen LogP contribution < -0.4 is 5.32 Å². The van der Waals surface area contributed by atoms with Crippen molar-refractivity contribution in [1.82, 2.24) is 14.8 Å². The minimum absolute atomic E-state index is 0.545. The first-order valence-electron chi connectivity index (χ1n) is 6.36. The Morgan fingerprint density at radius 3 is 2.84 bits per heavy atom. The van der Waals surface area contributed by atoms with Crippen LogP contribution in [0.5, 0.6) is 0 Å². The lowest BCUT2D eigenvalue weighted by molar-refractivity contribution is 0.460. The highest BCUT2D eigenvalue weighted by molar-refractivity contribution is 5.83. The summed E-state index contributed by atoms with van der Waals surface area (Å²) in [5.41, 5.74) is 2.25. The fourth-order valence-corrected chi connectivity index (χ4v) is 2.05. The molecule has 0 aliphatic carbocycles. The molecule has 0 saturated heterocycles. The van der Waals surface area contributed by atoms with Crippen molar-refractivity contribution in [2.24, 2.45) is 7.05 Å². The van der Waals surface area contributed by atoms with E-state index in [2.05, 4.69) is 50.5 Å². The molecule has 0 aliphatic heterocycles. The second-order valence-electron chi connectivity index (χ2n) is 4.50. The van der Waals surface area contributed by atoms with Crippen LogP contribution in [-0.2, 0) is 20.0 Å². The lowest BCUT2D eigenvalue weighted by Crippen LogP contribution is -1.99. The van der Waals surface area contributed by atoms with Gasteiger partial charge >= 0.3 is 0 Å². The van der Waals surface area contributed by atoms with Crippen LogP contribution in [0.1, 0.15) is 18.7 Å². The minimum Gasteiger partial charge on any atom is -0.423 e.